The Kier molecular flexibility index (Phi) is 2.97. The third-order valence-corrected chi connectivity index (χ3v) is 3.75. The van der Waals surface area contributed by atoms with Crippen LogP contribution < -0.4 is 11.5 Å². The van der Waals surface area contributed by atoms with Crippen LogP contribution in [0.25, 0.3) is 0 Å². The van der Waals surface area contributed by atoms with E-state index in [-0.39, 0.29) is 5.41 Å². The van der Waals surface area contributed by atoms with Crippen molar-refractivity contribution >= 4 is 0 Å². The van der Waals surface area contributed by atoms with E-state index in [1.165, 1.54) is 5.56 Å². The molecule has 0 aliphatic heterocycles. The molecular formula is C15H20N2. The van der Waals surface area contributed by atoms with Gasteiger partial charge in [-0.1, -0.05) is 44.2 Å². The van der Waals surface area contributed by atoms with Gasteiger partial charge in [-0.15, -0.1) is 0 Å². The maximum Gasteiger partial charge on any atom is 0.0425 e. The van der Waals surface area contributed by atoms with Crippen molar-refractivity contribution in [2.45, 2.75) is 25.7 Å². The van der Waals surface area contributed by atoms with Crippen LogP contribution in [-0.4, -0.2) is 0 Å². The van der Waals surface area contributed by atoms with Gasteiger partial charge in [0.1, 0.15) is 0 Å². The van der Waals surface area contributed by atoms with Gasteiger partial charge in [-0.2, -0.15) is 0 Å². The Morgan fingerprint density at radius 1 is 1.06 bits per heavy atom. The molecule has 0 saturated heterocycles. The summed E-state index contributed by atoms with van der Waals surface area (Å²) in [5.41, 5.74) is 15.2. The van der Waals surface area contributed by atoms with E-state index in [2.05, 4.69) is 38.1 Å². The second kappa shape index (κ2) is 4.28. The fraction of sp³-hybridized carbons (Fsp3) is 0.333. The molecule has 0 fully saturated rings. The summed E-state index contributed by atoms with van der Waals surface area (Å²) < 4.78 is 0. The molecule has 0 saturated carbocycles. The Hall–Kier alpha value is -1.70. The van der Waals surface area contributed by atoms with Crippen LogP contribution in [0.15, 0.2) is 53.9 Å². The maximum atomic E-state index is 6.27. The molecule has 2 heteroatoms. The quantitative estimate of drug-likeness (QED) is 0.817. The van der Waals surface area contributed by atoms with Crippen molar-refractivity contribution in [1.82, 2.24) is 0 Å². The Morgan fingerprint density at radius 2 is 1.71 bits per heavy atom. The summed E-state index contributed by atoms with van der Waals surface area (Å²) in [7, 11) is 0. The first-order chi connectivity index (χ1) is 8.07. The molecule has 4 N–H and O–H groups in total. The van der Waals surface area contributed by atoms with E-state index in [0.29, 0.717) is 5.92 Å². The summed E-state index contributed by atoms with van der Waals surface area (Å²) in [6.07, 6.45) is 4.67. The molecule has 17 heavy (non-hydrogen) atoms. The van der Waals surface area contributed by atoms with Gasteiger partial charge in [0, 0.05) is 23.2 Å². The summed E-state index contributed by atoms with van der Waals surface area (Å²) in [5.74, 6) is 0.411. The average molecular weight is 228 g/mol. The second-order valence-electron chi connectivity index (χ2n) is 5.03. The zero-order valence-corrected chi connectivity index (χ0v) is 10.5. The standard InChI is InChI=1S/C15H20N2/c1-11(2)15(12-6-4-3-5-7-12)10-13(16)8-9-14(15)17/h3-9,11H,10,16-17H2,1-2H3. The molecule has 2 nitrogen and oxygen atoms in total. The number of rotatable bonds is 2. The van der Waals surface area contributed by atoms with Crippen molar-refractivity contribution in [2.24, 2.45) is 17.4 Å². The number of benzene rings is 1. The van der Waals surface area contributed by atoms with Gasteiger partial charge in [-0.05, 0) is 23.6 Å². The zero-order chi connectivity index (χ0) is 12.5. The minimum absolute atomic E-state index is 0.153. The van der Waals surface area contributed by atoms with Crippen LogP contribution in [0.3, 0.4) is 0 Å². The lowest BCUT2D eigenvalue weighted by Crippen LogP contribution is -2.40. The fourth-order valence-corrected chi connectivity index (χ4v) is 2.70. The summed E-state index contributed by atoms with van der Waals surface area (Å²) in [4.78, 5) is 0. The smallest absolute Gasteiger partial charge is 0.0425 e. The molecule has 1 atom stereocenters. The molecular weight excluding hydrogens is 208 g/mol. The highest BCUT2D eigenvalue weighted by molar-refractivity contribution is 5.42. The largest absolute Gasteiger partial charge is 0.402 e. The fourth-order valence-electron chi connectivity index (χ4n) is 2.70. The highest BCUT2D eigenvalue weighted by Gasteiger charge is 2.39. The summed E-state index contributed by atoms with van der Waals surface area (Å²) in [6.45, 7) is 4.40. The molecule has 0 heterocycles. The van der Waals surface area contributed by atoms with E-state index in [9.17, 15) is 0 Å². The molecule has 1 aliphatic carbocycles. The summed E-state index contributed by atoms with van der Waals surface area (Å²) in [6, 6.07) is 10.4. The molecule has 1 aromatic carbocycles. The van der Waals surface area contributed by atoms with Gasteiger partial charge in [-0.25, -0.2) is 0 Å². The monoisotopic (exact) mass is 228 g/mol. The van der Waals surface area contributed by atoms with Crippen molar-refractivity contribution in [1.29, 1.82) is 0 Å². The minimum atomic E-state index is -0.153. The van der Waals surface area contributed by atoms with Gasteiger partial charge in [0.05, 0.1) is 0 Å². The van der Waals surface area contributed by atoms with Gasteiger partial charge >= 0.3 is 0 Å². The van der Waals surface area contributed by atoms with E-state index in [4.69, 9.17) is 11.5 Å². The van der Waals surface area contributed by atoms with E-state index < -0.39 is 0 Å². The molecule has 90 valence electrons. The minimum Gasteiger partial charge on any atom is -0.402 e. The highest BCUT2D eigenvalue weighted by Crippen LogP contribution is 2.43. The van der Waals surface area contributed by atoms with Gasteiger partial charge in [-0.3, -0.25) is 0 Å². The van der Waals surface area contributed by atoms with Crippen LogP contribution in [0.4, 0.5) is 0 Å². The molecule has 1 unspecified atom stereocenters. The van der Waals surface area contributed by atoms with Crippen molar-refractivity contribution in [2.75, 3.05) is 0 Å². The molecule has 1 aliphatic rings. The zero-order valence-electron chi connectivity index (χ0n) is 10.5. The lowest BCUT2D eigenvalue weighted by molar-refractivity contribution is 0.350. The van der Waals surface area contributed by atoms with Crippen molar-refractivity contribution in [3.63, 3.8) is 0 Å². The first kappa shape index (κ1) is 11.8. The molecule has 2 rings (SSSR count). The molecule has 1 aromatic rings. The third-order valence-electron chi connectivity index (χ3n) is 3.75. The van der Waals surface area contributed by atoms with Crippen LogP contribution in [0.2, 0.25) is 0 Å². The molecule has 0 spiro atoms. The van der Waals surface area contributed by atoms with Crippen LogP contribution >= 0.6 is 0 Å². The van der Waals surface area contributed by atoms with Crippen LogP contribution in [0.5, 0.6) is 0 Å². The first-order valence-electron chi connectivity index (χ1n) is 6.05. The van der Waals surface area contributed by atoms with Crippen LogP contribution in [0.1, 0.15) is 25.8 Å². The lowest BCUT2D eigenvalue weighted by Gasteiger charge is -2.40. The van der Waals surface area contributed by atoms with Gasteiger partial charge in [0.2, 0.25) is 0 Å². The average Bonchev–Trinajstić information content (AvgIpc) is 2.33. The van der Waals surface area contributed by atoms with Gasteiger partial charge in [0.15, 0.2) is 0 Å². The Morgan fingerprint density at radius 3 is 2.29 bits per heavy atom. The number of hydrogen-bond acceptors (Lipinski definition) is 2. The van der Waals surface area contributed by atoms with Crippen LogP contribution in [0, 0.1) is 5.92 Å². The SMILES string of the molecule is CC(C)C1(c2ccccc2)CC(N)=CC=C1N. The predicted molar refractivity (Wildman–Crippen MR) is 72.1 cm³/mol. The Labute approximate surface area is 103 Å². The lowest BCUT2D eigenvalue weighted by atomic mass is 9.65. The van der Waals surface area contributed by atoms with Crippen molar-refractivity contribution < 1.29 is 0 Å². The van der Waals surface area contributed by atoms with Crippen molar-refractivity contribution in [3.05, 3.63) is 59.4 Å². The third kappa shape index (κ3) is 1.84. The highest BCUT2D eigenvalue weighted by atomic mass is 14.7. The van der Waals surface area contributed by atoms with E-state index in [1.54, 1.807) is 0 Å². The number of allylic oxidation sites excluding steroid dienone is 4. The predicted octanol–water partition coefficient (Wildman–Crippen LogP) is 2.67. The Bertz CT molecular complexity index is 457. The normalized spacial score (nSPS) is 24.4. The van der Waals surface area contributed by atoms with E-state index in [0.717, 1.165) is 17.8 Å². The number of nitrogens with two attached hydrogens (primary N) is 2. The second-order valence-corrected chi connectivity index (χ2v) is 5.03. The first-order valence-corrected chi connectivity index (χ1v) is 6.05. The van der Waals surface area contributed by atoms with Crippen molar-refractivity contribution in [3.8, 4) is 0 Å². The molecule has 0 aromatic heterocycles. The summed E-state index contributed by atoms with van der Waals surface area (Å²) >= 11 is 0. The van der Waals surface area contributed by atoms with E-state index >= 15 is 0 Å². The molecule has 0 amide bonds. The van der Waals surface area contributed by atoms with Gasteiger partial charge in [0.25, 0.3) is 0 Å². The molecule has 0 radical (unpaired) electrons. The Balaban J connectivity index is 2.56. The van der Waals surface area contributed by atoms with Crippen LogP contribution in [-0.2, 0) is 5.41 Å². The number of hydrogen-bond donors (Lipinski definition) is 2. The topological polar surface area (TPSA) is 52.0 Å². The maximum absolute atomic E-state index is 6.27. The molecule has 0 bridgehead atoms. The van der Waals surface area contributed by atoms with E-state index in [1.807, 2.05) is 18.2 Å². The summed E-state index contributed by atoms with van der Waals surface area (Å²) in [5, 5.41) is 0. The van der Waals surface area contributed by atoms with Gasteiger partial charge < -0.3 is 11.5 Å².